The van der Waals surface area contributed by atoms with Crippen molar-refractivity contribution in [2.75, 3.05) is 13.2 Å². The van der Waals surface area contributed by atoms with E-state index in [0.717, 1.165) is 22.4 Å². The predicted molar refractivity (Wildman–Crippen MR) is 127 cm³/mol. The van der Waals surface area contributed by atoms with Crippen molar-refractivity contribution in [3.05, 3.63) is 59.2 Å². The van der Waals surface area contributed by atoms with Crippen molar-refractivity contribution < 1.29 is 19.1 Å². The van der Waals surface area contributed by atoms with Gasteiger partial charge in [0.15, 0.2) is 5.17 Å². The molecule has 1 N–H and O–H groups in total. The molecule has 1 atom stereocenters. The van der Waals surface area contributed by atoms with Crippen LogP contribution in [-0.4, -0.2) is 35.2 Å². The molecule has 0 unspecified atom stereocenters. The maximum atomic E-state index is 12.1. The highest BCUT2D eigenvalue weighted by molar-refractivity contribution is 8.14. The summed E-state index contributed by atoms with van der Waals surface area (Å²) in [7, 11) is 0. The van der Waals surface area contributed by atoms with Gasteiger partial charge in [0.25, 0.3) is 0 Å². The third-order valence-corrected chi connectivity index (χ3v) is 5.91. The number of aryl methyl sites for hydroxylation is 1. The van der Waals surface area contributed by atoms with Crippen LogP contribution >= 0.6 is 11.8 Å². The molecule has 0 saturated carbocycles. The SMILES string of the molecule is CC(=O)NC1=NN(C(C)=O)[C@H](c2ccccc2OCCOc2cc(C)ccc2C(C)C)S1. The first-order valence-electron chi connectivity index (χ1n) is 10.5. The fourth-order valence-electron chi connectivity index (χ4n) is 3.33. The number of hydrogen-bond donors (Lipinski definition) is 1. The number of thioether (sulfide) groups is 1. The molecule has 7 nitrogen and oxygen atoms in total. The van der Waals surface area contributed by atoms with Gasteiger partial charge in [0.2, 0.25) is 11.8 Å². The summed E-state index contributed by atoms with van der Waals surface area (Å²) in [4.78, 5) is 23.6. The standard InChI is InChI=1S/C24H29N3O4S/c1-15(2)19-11-10-16(3)14-22(19)31-13-12-30-21-9-7-6-8-20(21)23-27(18(5)29)26-24(32-23)25-17(4)28/h6-11,14-15,23H,12-13H2,1-5H3,(H,25,26,28)/t23-/m0/s1. The van der Waals surface area contributed by atoms with Crippen LogP contribution in [0.2, 0.25) is 0 Å². The van der Waals surface area contributed by atoms with Gasteiger partial charge >= 0.3 is 0 Å². The predicted octanol–water partition coefficient (Wildman–Crippen LogP) is 4.58. The lowest BCUT2D eigenvalue weighted by molar-refractivity contribution is -0.129. The lowest BCUT2D eigenvalue weighted by Gasteiger charge is -2.22. The first-order chi connectivity index (χ1) is 15.3. The van der Waals surface area contributed by atoms with Gasteiger partial charge in [-0.1, -0.05) is 55.9 Å². The number of carbonyl (C=O) groups is 2. The van der Waals surface area contributed by atoms with E-state index in [2.05, 4.69) is 36.4 Å². The average Bonchev–Trinajstić information content (AvgIpc) is 3.14. The Hall–Kier alpha value is -3.00. The summed E-state index contributed by atoms with van der Waals surface area (Å²) in [6.07, 6.45) is 0. The molecule has 2 amide bonds. The van der Waals surface area contributed by atoms with E-state index >= 15 is 0 Å². The molecule has 0 radical (unpaired) electrons. The van der Waals surface area contributed by atoms with Crippen molar-refractivity contribution in [2.45, 2.75) is 45.9 Å². The molecule has 3 rings (SSSR count). The third-order valence-electron chi connectivity index (χ3n) is 4.82. The summed E-state index contributed by atoms with van der Waals surface area (Å²) >= 11 is 1.30. The average molecular weight is 456 g/mol. The molecule has 1 aliphatic heterocycles. The summed E-state index contributed by atoms with van der Waals surface area (Å²) in [5.41, 5.74) is 3.11. The highest BCUT2D eigenvalue weighted by Crippen LogP contribution is 2.42. The number of carbonyl (C=O) groups excluding carboxylic acids is 2. The summed E-state index contributed by atoms with van der Waals surface area (Å²) in [6.45, 7) is 9.91. The Morgan fingerprint density at radius 3 is 2.44 bits per heavy atom. The molecule has 2 aromatic carbocycles. The largest absolute Gasteiger partial charge is 0.490 e. The number of rotatable bonds is 7. The zero-order chi connectivity index (χ0) is 23.3. The number of benzene rings is 2. The number of hydrazone groups is 1. The molecule has 32 heavy (non-hydrogen) atoms. The third kappa shape index (κ3) is 5.82. The second kappa shape index (κ2) is 10.5. The molecule has 170 valence electrons. The van der Waals surface area contributed by atoms with E-state index < -0.39 is 5.37 Å². The highest BCUT2D eigenvalue weighted by atomic mass is 32.2. The van der Waals surface area contributed by atoms with Gasteiger partial charge in [0.1, 0.15) is 30.1 Å². The number of hydrogen-bond acceptors (Lipinski definition) is 6. The zero-order valence-electron chi connectivity index (χ0n) is 19.0. The minimum atomic E-state index is -0.421. The Morgan fingerprint density at radius 2 is 1.78 bits per heavy atom. The molecule has 0 spiro atoms. The second-order valence-corrected chi connectivity index (χ2v) is 8.92. The number of nitrogens with one attached hydrogen (secondary N) is 1. The van der Waals surface area contributed by atoms with Crippen molar-refractivity contribution in [3.8, 4) is 11.5 Å². The van der Waals surface area contributed by atoms with E-state index in [1.807, 2.05) is 37.3 Å². The van der Waals surface area contributed by atoms with Gasteiger partial charge in [0, 0.05) is 19.4 Å². The lowest BCUT2D eigenvalue weighted by atomic mass is 10.0. The van der Waals surface area contributed by atoms with Crippen molar-refractivity contribution >= 4 is 28.7 Å². The van der Waals surface area contributed by atoms with Crippen LogP contribution in [0.5, 0.6) is 11.5 Å². The number of amides is 2. The van der Waals surface area contributed by atoms with E-state index in [-0.39, 0.29) is 11.8 Å². The number of amidine groups is 1. The Kier molecular flexibility index (Phi) is 7.80. The number of nitrogens with zero attached hydrogens (tertiary/aromatic N) is 2. The molecule has 8 heteroatoms. The van der Waals surface area contributed by atoms with Gasteiger partial charge in [-0.2, -0.15) is 0 Å². The fraction of sp³-hybridized carbons (Fsp3) is 0.375. The van der Waals surface area contributed by atoms with Gasteiger partial charge in [-0.15, -0.1) is 5.10 Å². The molecule has 0 saturated heterocycles. The minimum Gasteiger partial charge on any atom is -0.490 e. The monoisotopic (exact) mass is 455 g/mol. The molecular weight excluding hydrogens is 426 g/mol. The first-order valence-corrected chi connectivity index (χ1v) is 11.4. The number of ether oxygens (including phenoxy) is 2. The first kappa shape index (κ1) is 23.7. The van der Waals surface area contributed by atoms with Crippen LogP contribution in [0.4, 0.5) is 0 Å². The molecule has 1 aliphatic rings. The van der Waals surface area contributed by atoms with E-state index in [4.69, 9.17) is 9.47 Å². The van der Waals surface area contributed by atoms with E-state index in [0.29, 0.717) is 30.0 Å². The summed E-state index contributed by atoms with van der Waals surface area (Å²) in [5.74, 6) is 1.43. The van der Waals surface area contributed by atoms with Crippen LogP contribution in [0.25, 0.3) is 0 Å². The topological polar surface area (TPSA) is 80.2 Å². The molecule has 0 aromatic heterocycles. The van der Waals surface area contributed by atoms with Crippen LogP contribution in [0.1, 0.15) is 55.7 Å². The van der Waals surface area contributed by atoms with Crippen molar-refractivity contribution in [1.82, 2.24) is 10.3 Å². The molecule has 0 aliphatic carbocycles. The lowest BCUT2D eigenvalue weighted by Crippen LogP contribution is -2.25. The molecule has 1 heterocycles. The Labute approximate surface area is 193 Å². The smallest absolute Gasteiger partial charge is 0.241 e. The second-order valence-electron chi connectivity index (χ2n) is 7.85. The van der Waals surface area contributed by atoms with Crippen LogP contribution in [0, 0.1) is 6.92 Å². The normalized spacial score (nSPS) is 15.5. The summed E-state index contributed by atoms with van der Waals surface area (Å²) in [6, 6.07) is 13.8. The van der Waals surface area contributed by atoms with E-state index in [1.54, 1.807) is 0 Å². The number of para-hydroxylation sites is 1. The van der Waals surface area contributed by atoms with Crippen molar-refractivity contribution in [3.63, 3.8) is 0 Å². The summed E-state index contributed by atoms with van der Waals surface area (Å²) in [5, 5.41) is 8.23. The minimum absolute atomic E-state index is 0.221. The van der Waals surface area contributed by atoms with Gasteiger partial charge < -0.3 is 14.8 Å². The van der Waals surface area contributed by atoms with Crippen LogP contribution in [-0.2, 0) is 9.59 Å². The van der Waals surface area contributed by atoms with Gasteiger partial charge in [0.05, 0.1) is 0 Å². The fourth-order valence-corrected chi connectivity index (χ4v) is 4.49. The quantitative estimate of drug-likeness (QED) is 0.618. The highest BCUT2D eigenvalue weighted by Gasteiger charge is 2.34. The van der Waals surface area contributed by atoms with E-state index in [1.165, 1.54) is 30.6 Å². The van der Waals surface area contributed by atoms with E-state index in [9.17, 15) is 9.59 Å². The molecular formula is C24H29N3O4S. The molecule has 2 aromatic rings. The van der Waals surface area contributed by atoms with Crippen LogP contribution in [0.15, 0.2) is 47.6 Å². The maximum absolute atomic E-state index is 12.1. The Balaban J connectivity index is 1.68. The van der Waals surface area contributed by atoms with Gasteiger partial charge in [-0.05, 0) is 36.1 Å². The Morgan fingerprint density at radius 1 is 1.09 bits per heavy atom. The Bertz CT molecular complexity index is 1020. The zero-order valence-corrected chi connectivity index (χ0v) is 19.9. The van der Waals surface area contributed by atoms with Crippen LogP contribution in [0.3, 0.4) is 0 Å². The summed E-state index contributed by atoms with van der Waals surface area (Å²) < 4.78 is 12.1. The maximum Gasteiger partial charge on any atom is 0.241 e. The molecule has 0 bridgehead atoms. The van der Waals surface area contributed by atoms with Gasteiger partial charge in [-0.3, -0.25) is 9.59 Å². The van der Waals surface area contributed by atoms with Crippen LogP contribution < -0.4 is 14.8 Å². The van der Waals surface area contributed by atoms with Crippen molar-refractivity contribution in [2.24, 2.45) is 5.10 Å². The van der Waals surface area contributed by atoms with Gasteiger partial charge in [-0.25, -0.2) is 5.01 Å². The van der Waals surface area contributed by atoms with Crippen molar-refractivity contribution in [1.29, 1.82) is 0 Å². The molecule has 0 fully saturated rings.